The summed E-state index contributed by atoms with van der Waals surface area (Å²) in [6, 6.07) is 0. The number of hydrogen-bond acceptors (Lipinski definition) is 0. The van der Waals surface area contributed by atoms with Crippen LogP contribution in [0.3, 0.4) is 0 Å². The summed E-state index contributed by atoms with van der Waals surface area (Å²) >= 11 is 0. The molecule has 0 unspecified atom stereocenters. The Bertz CT molecular complexity index is 8.00. The zero-order valence-electron chi connectivity index (χ0n) is 2.22. The van der Waals surface area contributed by atoms with Crippen LogP contribution in [0.25, 0.3) is 0 Å². The zero-order chi connectivity index (χ0) is 0. The number of hydrogen-bond donors (Lipinski definition) is 0. The maximum absolute atomic E-state index is 0. The SMILES string of the molecule is S.[Cu].[PbH2].[SbH3]. The topological polar surface area (TPSA) is 0 Å². The first-order valence-corrected chi connectivity index (χ1v) is 0. The molecular formula is H7CuPbSSb. The Hall–Kier alpha value is 2.61. The quantitative estimate of drug-likeness (QED) is 0.390. The van der Waals surface area contributed by atoms with E-state index in [0.717, 1.165) is 0 Å². The van der Waals surface area contributed by atoms with Crippen LogP contribution >= 0.6 is 13.5 Å². The fourth-order valence-corrected chi connectivity index (χ4v) is 0. The molecule has 33 valence electrons. The van der Waals surface area contributed by atoms with Crippen molar-refractivity contribution in [3.8, 4) is 0 Å². The van der Waals surface area contributed by atoms with E-state index in [9.17, 15) is 0 Å². The van der Waals surface area contributed by atoms with E-state index in [1.54, 1.807) is 0 Å². The minimum absolute atomic E-state index is 0. The van der Waals surface area contributed by atoms with Gasteiger partial charge < -0.3 is 0 Å². The molecule has 0 fully saturated rings. The van der Waals surface area contributed by atoms with Crippen LogP contribution in [0.4, 0.5) is 0 Å². The van der Waals surface area contributed by atoms with Gasteiger partial charge in [0.2, 0.25) is 0 Å². The summed E-state index contributed by atoms with van der Waals surface area (Å²) < 4.78 is 0. The average molecular weight is 432 g/mol. The predicted octanol–water partition coefficient (Wildman–Crippen LogP) is -1.99. The molecule has 0 saturated carbocycles. The van der Waals surface area contributed by atoms with Crippen LogP contribution in [0, 0.1) is 0 Å². The monoisotopic (exact) mass is 431 g/mol. The van der Waals surface area contributed by atoms with Crippen LogP contribution in [0.2, 0.25) is 0 Å². The molecule has 0 aromatic carbocycles. The van der Waals surface area contributed by atoms with E-state index >= 15 is 0 Å². The molecule has 0 atom stereocenters. The van der Waals surface area contributed by atoms with Crippen LogP contribution < -0.4 is 0 Å². The van der Waals surface area contributed by atoms with E-state index < -0.39 is 0 Å². The van der Waals surface area contributed by atoms with Gasteiger partial charge in [0.25, 0.3) is 0 Å². The molecule has 0 saturated heterocycles. The fraction of sp³-hybridized carbons (Fsp3) is 0. The van der Waals surface area contributed by atoms with Gasteiger partial charge in [-0.3, -0.25) is 0 Å². The third kappa shape index (κ3) is 8.82. The summed E-state index contributed by atoms with van der Waals surface area (Å²) in [4.78, 5) is 0. The molecule has 0 nitrogen and oxygen atoms in total. The van der Waals surface area contributed by atoms with E-state index in [1.165, 1.54) is 0 Å². The molecule has 0 spiro atoms. The van der Waals surface area contributed by atoms with Gasteiger partial charge in [-0.1, -0.05) is 0 Å². The van der Waals surface area contributed by atoms with E-state index in [0.29, 0.717) is 0 Å². The van der Waals surface area contributed by atoms with Crippen molar-refractivity contribution < 1.29 is 17.1 Å². The van der Waals surface area contributed by atoms with Gasteiger partial charge >= 0.3 is 51.7 Å². The summed E-state index contributed by atoms with van der Waals surface area (Å²) in [6.07, 6.45) is 0. The molecule has 0 N–H and O–H groups in total. The van der Waals surface area contributed by atoms with Gasteiger partial charge in [0, 0.05) is 17.1 Å². The van der Waals surface area contributed by atoms with Crippen LogP contribution in [-0.2, 0) is 17.1 Å². The third-order valence-corrected chi connectivity index (χ3v) is 0. The molecule has 0 aromatic rings. The zero-order valence-corrected chi connectivity index (χ0v) is 13.7. The van der Waals surface area contributed by atoms with Crippen molar-refractivity contribution in [2.45, 2.75) is 0 Å². The van der Waals surface area contributed by atoms with Crippen LogP contribution in [0.15, 0.2) is 0 Å². The van der Waals surface area contributed by atoms with E-state index in [2.05, 4.69) is 0 Å². The Labute approximate surface area is 81.0 Å². The molecule has 4 heavy (non-hydrogen) atoms. The first kappa shape index (κ1) is 30.5. The second kappa shape index (κ2) is 17.5. The predicted molar refractivity (Wildman–Crippen MR) is 28.9 cm³/mol. The molecule has 0 heterocycles. The number of rotatable bonds is 0. The molecule has 0 amide bonds. The fourth-order valence-electron chi connectivity index (χ4n) is 0. The molecular weight excluding hydrogens is 425 g/mol. The van der Waals surface area contributed by atoms with Crippen molar-refractivity contribution in [2.75, 3.05) is 0 Å². The van der Waals surface area contributed by atoms with Crippen molar-refractivity contribution >= 4 is 65.2 Å². The van der Waals surface area contributed by atoms with Crippen molar-refractivity contribution in [3.05, 3.63) is 0 Å². The molecule has 0 aliphatic rings. The van der Waals surface area contributed by atoms with Gasteiger partial charge in [-0.2, -0.15) is 13.5 Å². The van der Waals surface area contributed by atoms with Crippen molar-refractivity contribution in [1.82, 2.24) is 0 Å². The third-order valence-electron chi connectivity index (χ3n) is 0. The maximum atomic E-state index is 0. The molecule has 0 aliphatic carbocycles. The molecule has 3 radical (unpaired) electrons. The average Bonchev–Trinajstić information content (AvgIpc) is 0. The van der Waals surface area contributed by atoms with Crippen LogP contribution in [-0.4, -0.2) is 51.7 Å². The molecule has 0 rings (SSSR count). The summed E-state index contributed by atoms with van der Waals surface area (Å²) in [5.41, 5.74) is 0. The normalized spacial score (nSPS) is 0. The van der Waals surface area contributed by atoms with Crippen molar-refractivity contribution in [3.63, 3.8) is 0 Å². The Morgan fingerprint density at radius 3 is 1.00 bits per heavy atom. The molecule has 4 heteroatoms. The Morgan fingerprint density at radius 2 is 1.00 bits per heavy atom. The molecule has 0 bridgehead atoms. The minimum atomic E-state index is 0. The van der Waals surface area contributed by atoms with E-state index in [4.69, 9.17) is 0 Å². The van der Waals surface area contributed by atoms with E-state index in [-0.39, 0.29) is 82.3 Å². The van der Waals surface area contributed by atoms with Gasteiger partial charge in [0.05, 0.1) is 0 Å². The summed E-state index contributed by atoms with van der Waals surface area (Å²) in [5.74, 6) is 0. The van der Waals surface area contributed by atoms with Crippen LogP contribution in [0.1, 0.15) is 0 Å². The van der Waals surface area contributed by atoms with Gasteiger partial charge in [-0.25, -0.2) is 0 Å². The first-order chi connectivity index (χ1) is 0. The Balaban J connectivity index is 0. The summed E-state index contributed by atoms with van der Waals surface area (Å²) in [7, 11) is 0. The second-order valence-corrected chi connectivity index (χ2v) is 0. The summed E-state index contributed by atoms with van der Waals surface area (Å²) in [6.45, 7) is 0. The standard InChI is InChI=1S/Cu.Pb.H2S.Sb.5H/h;;1H2;;;;;;. The van der Waals surface area contributed by atoms with E-state index in [1.807, 2.05) is 0 Å². The van der Waals surface area contributed by atoms with Gasteiger partial charge in [0.15, 0.2) is 0 Å². The first-order valence-electron chi connectivity index (χ1n) is 0. The van der Waals surface area contributed by atoms with Crippen LogP contribution in [0.5, 0.6) is 0 Å². The van der Waals surface area contributed by atoms with Crippen molar-refractivity contribution in [1.29, 1.82) is 0 Å². The Morgan fingerprint density at radius 1 is 1.00 bits per heavy atom. The summed E-state index contributed by atoms with van der Waals surface area (Å²) in [5, 5.41) is 0. The molecule has 0 aliphatic heterocycles. The molecule has 0 aromatic heterocycles. The van der Waals surface area contributed by atoms with Crippen molar-refractivity contribution in [2.24, 2.45) is 0 Å². The van der Waals surface area contributed by atoms with Gasteiger partial charge in [-0.05, 0) is 0 Å². The second-order valence-electron chi connectivity index (χ2n) is 0. The van der Waals surface area contributed by atoms with Gasteiger partial charge in [0.1, 0.15) is 0 Å². The Kier molecular flexibility index (Phi) is 134. The van der Waals surface area contributed by atoms with Gasteiger partial charge in [-0.15, -0.1) is 0 Å².